The van der Waals surface area contributed by atoms with E-state index in [1.807, 2.05) is 18.4 Å². The molecule has 2 heterocycles. The molecule has 1 fully saturated rings. The summed E-state index contributed by atoms with van der Waals surface area (Å²) >= 11 is 1.86. The van der Waals surface area contributed by atoms with Gasteiger partial charge in [-0.3, -0.25) is 4.90 Å². The SMILES string of the molecule is CNCc1sc(CN2CCC(C)CC2)nc1C. The normalized spacial score (nSPS) is 18.8. The highest BCUT2D eigenvalue weighted by Crippen LogP contribution is 2.22. The highest BCUT2D eigenvalue weighted by atomic mass is 32.1. The Morgan fingerprint density at radius 2 is 2.12 bits per heavy atom. The van der Waals surface area contributed by atoms with Crippen LogP contribution in [0.15, 0.2) is 0 Å². The average Bonchev–Trinajstić information content (AvgIpc) is 2.63. The molecule has 0 saturated carbocycles. The number of piperidine rings is 1. The molecule has 0 unspecified atom stereocenters. The summed E-state index contributed by atoms with van der Waals surface area (Å²) in [4.78, 5) is 8.60. The molecule has 0 radical (unpaired) electrons. The molecule has 2 rings (SSSR count). The molecule has 1 saturated heterocycles. The first-order valence-electron chi connectivity index (χ1n) is 6.51. The first-order valence-corrected chi connectivity index (χ1v) is 7.33. The van der Waals surface area contributed by atoms with E-state index in [1.54, 1.807) is 0 Å². The highest BCUT2D eigenvalue weighted by Gasteiger charge is 2.17. The van der Waals surface area contributed by atoms with Crippen LogP contribution < -0.4 is 5.32 Å². The van der Waals surface area contributed by atoms with Crippen LogP contribution in [0.25, 0.3) is 0 Å². The molecule has 1 aromatic rings. The van der Waals surface area contributed by atoms with Crippen LogP contribution >= 0.6 is 11.3 Å². The van der Waals surface area contributed by atoms with Gasteiger partial charge in [-0.25, -0.2) is 4.98 Å². The van der Waals surface area contributed by atoms with Crippen LogP contribution in [-0.2, 0) is 13.1 Å². The Bertz CT molecular complexity index is 354. The second kappa shape index (κ2) is 5.94. The monoisotopic (exact) mass is 253 g/mol. The summed E-state index contributed by atoms with van der Waals surface area (Å²) in [5, 5.41) is 4.48. The second-order valence-corrected chi connectivity index (χ2v) is 6.27. The zero-order chi connectivity index (χ0) is 12.3. The lowest BCUT2D eigenvalue weighted by molar-refractivity contribution is 0.185. The maximum absolute atomic E-state index is 4.68. The van der Waals surface area contributed by atoms with Gasteiger partial charge in [0.2, 0.25) is 0 Å². The van der Waals surface area contributed by atoms with Crippen molar-refractivity contribution in [1.29, 1.82) is 0 Å². The van der Waals surface area contributed by atoms with E-state index in [1.165, 1.54) is 41.5 Å². The van der Waals surface area contributed by atoms with Gasteiger partial charge in [-0.15, -0.1) is 11.3 Å². The Labute approximate surface area is 108 Å². The lowest BCUT2D eigenvalue weighted by atomic mass is 9.99. The Hall–Kier alpha value is -0.450. The molecular weight excluding hydrogens is 230 g/mol. The molecule has 0 aliphatic carbocycles. The second-order valence-electron chi connectivity index (χ2n) is 5.11. The summed E-state index contributed by atoms with van der Waals surface area (Å²) < 4.78 is 0. The maximum atomic E-state index is 4.68. The number of nitrogens with one attached hydrogen (secondary N) is 1. The van der Waals surface area contributed by atoms with Gasteiger partial charge in [0.15, 0.2) is 0 Å². The molecule has 0 bridgehead atoms. The van der Waals surface area contributed by atoms with Gasteiger partial charge in [-0.1, -0.05) is 6.92 Å². The van der Waals surface area contributed by atoms with Crippen LogP contribution in [0.5, 0.6) is 0 Å². The maximum Gasteiger partial charge on any atom is 0.107 e. The van der Waals surface area contributed by atoms with Crippen molar-refractivity contribution in [2.45, 2.75) is 39.8 Å². The Morgan fingerprint density at radius 3 is 2.76 bits per heavy atom. The molecule has 1 N–H and O–H groups in total. The number of thiazole rings is 1. The molecule has 0 atom stereocenters. The van der Waals surface area contributed by atoms with Gasteiger partial charge < -0.3 is 5.32 Å². The lowest BCUT2D eigenvalue weighted by Crippen LogP contribution is -2.32. The minimum atomic E-state index is 0.907. The van der Waals surface area contributed by atoms with Gasteiger partial charge in [0.25, 0.3) is 0 Å². The quantitative estimate of drug-likeness (QED) is 0.893. The molecule has 3 nitrogen and oxygen atoms in total. The van der Waals surface area contributed by atoms with Gasteiger partial charge in [0.1, 0.15) is 5.01 Å². The van der Waals surface area contributed by atoms with Crippen molar-refractivity contribution in [1.82, 2.24) is 15.2 Å². The fraction of sp³-hybridized carbons (Fsp3) is 0.769. The first-order chi connectivity index (χ1) is 8.19. The average molecular weight is 253 g/mol. The minimum Gasteiger partial charge on any atom is -0.315 e. The van der Waals surface area contributed by atoms with Crippen LogP contribution in [0.3, 0.4) is 0 Å². The summed E-state index contributed by atoms with van der Waals surface area (Å²) in [5.41, 5.74) is 1.20. The molecule has 1 aliphatic rings. The topological polar surface area (TPSA) is 28.2 Å². The van der Waals surface area contributed by atoms with E-state index >= 15 is 0 Å². The fourth-order valence-electron chi connectivity index (χ4n) is 2.29. The summed E-state index contributed by atoms with van der Waals surface area (Å²) in [6, 6.07) is 0. The van der Waals surface area contributed by atoms with Crippen LogP contribution in [0.4, 0.5) is 0 Å². The lowest BCUT2D eigenvalue weighted by Gasteiger charge is -2.29. The molecule has 96 valence electrons. The molecule has 0 amide bonds. The zero-order valence-electron chi connectivity index (χ0n) is 11.1. The number of aromatic nitrogens is 1. The Balaban J connectivity index is 1.92. The smallest absolute Gasteiger partial charge is 0.107 e. The summed E-state index contributed by atoms with van der Waals surface area (Å²) in [6.07, 6.45) is 2.68. The van der Waals surface area contributed by atoms with Crippen LogP contribution in [-0.4, -0.2) is 30.0 Å². The number of rotatable bonds is 4. The fourth-order valence-corrected chi connectivity index (χ4v) is 3.42. The van der Waals surface area contributed by atoms with Crippen molar-refractivity contribution in [3.63, 3.8) is 0 Å². The van der Waals surface area contributed by atoms with E-state index in [2.05, 4.69) is 29.0 Å². The van der Waals surface area contributed by atoms with Crippen molar-refractivity contribution >= 4 is 11.3 Å². The Morgan fingerprint density at radius 1 is 1.41 bits per heavy atom. The summed E-state index contributed by atoms with van der Waals surface area (Å²) in [5.74, 6) is 0.907. The summed E-state index contributed by atoms with van der Waals surface area (Å²) in [7, 11) is 1.99. The van der Waals surface area contributed by atoms with Crippen molar-refractivity contribution in [2.24, 2.45) is 5.92 Å². The number of hydrogen-bond acceptors (Lipinski definition) is 4. The zero-order valence-corrected chi connectivity index (χ0v) is 11.9. The largest absolute Gasteiger partial charge is 0.315 e. The van der Waals surface area contributed by atoms with Crippen molar-refractivity contribution in [3.05, 3.63) is 15.6 Å². The van der Waals surface area contributed by atoms with E-state index < -0.39 is 0 Å². The van der Waals surface area contributed by atoms with Crippen molar-refractivity contribution in [3.8, 4) is 0 Å². The highest BCUT2D eigenvalue weighted by molar-refractivity contribution is 7.11. The van der Waals surface area contributed by atoms with Gasteiger partial charge in [0, 0.05) is 11.4 Å². The Kier molecular flexibility index (Phi) is 4.54. The molecule has 1 aliphatic heterocycles. The van der Waals surface area contributed by atoms with E-state index in [-0.39, 0.29) is 0 Å². The minimum absolute atomic E-state index is 0.907. The van der Waals surface area contributed by atoms with Gasteiger partial charge >= 0.3 is 0 Å². The third kappa shape index (κ3) is 3.50. The molecule has 0 spiro atoms. The molecule has 4 heteroatoms. The molecule has 1 aromatic heterocycles. The molecule has 0 aromatic carbocycles. The third-order valence-electron chi connectivity index (χ3n) is 3.51. The molecular formula is C13H23N3S. The van der Waals surface area contributed by atoms with Crippen LogP contribution in [0.2, 0.25) is 0 Å². The predicted molar refractivity (Wildman–Crippen MR) is 73.3 cm³/mol. The van der Waals surface area contributed by atoms with E-state index in [9.17, 15) is 0 Å². The van der Waals surface area contributed by atoms with Gasteiger partial charge in [-0.05, 0) is 45.8 Å². The third-order valence-corrected chi connectivity index (χ3v) is 4.65. The van der Waals surface area contributed by atoms with Gasteiger partial charge in [-0.2, -0.15) is 0 Å². The predicted octanol–water partition coefficient (Wildman–Crippen LogP) is 2.40. The van der Waals surface area contributed by atoms with Gasteiger partial charge in [0.05, 0.1) is 12.2 Å². The number of nitrogens with zero attached hydrogens (tertiary/aromatic N) is 2. The number of hydrogen-bond donors (Lipinski definition) is 1. The number of aryl methyl sites for hydroxylation is 1. The standard InChI is InChI=1S/C13H23N3S/c1-10-4-6-16(7-5-10)9-13-15-11(2)12(17-13)8-14-3/h10,14H,4-9H2,1-3H3. The van der Waals surface area contributed by atoms with Crippen molar-refractivity contribution in [2.75, 3.05) is 20.1 Å². The van der Waals surface area contributed by atoms with E-state index in [0.717, 1.165) is 19.0 Å². The van der Waals surface area contributed by atoms with Crippen LogP contribution in [0, 0.1) is 12.8 Å². The molecule has 17 heavy (non-hydrogen) atoms. The van der Waals surface area contributed by atoms with Crippen LogP contribution in [0.1, 0.15) is 35.3 Å². The van der Waals surface area contributed by atoms with Crippen molar-refractivity contribution < 1.29 is 0 Å². The van der Waals surface area contributed by atoms with E-state index in [0.29, 0.717) is 0 Å². The number of likely N-dealkylation sites (tertiary alicyclic amines) is 1. The summed E-state index contributed by atoms with van der Waals surface area (Å²) in [6.45, 7) is 8.94. The van der Waals surface area contributed by atoms with E-state index in [4.69, 9.17) is 0 Å². The first kappa shape index (κ1) is 13.0.